The van der Waals surface area contributed by atoms with Crippen molar-refractivity contribution in [1.82, 2.24) is 4.98 Å². The number of hydrogen-bond donors (Lipinski definition) is 1. The molecular formula is C12H14BrN3O2S. The summed E-state index contributed by atoms with van der Waals surface area (Å²) in [5.74, 6) is 1.33. The third-order valence-electron chi connectivity index (χ3n) is 2.85. The van der Waals surface area contributed by atoms with Crippen LogP contribution in [0.2, 0.25) is 0 Å². The summed E-state index contributed by atoms with van der Waals surface area (Å²) in [5, 5.41) is 0.0750. The minimum atomic E-state index is 0.00597. The molecule has 2 rings (SSSR count). The summed E-state index contributed by atoms with van der Waals surface area (Å²) < 4.78 is 0.645. The molecule has 0 aromatic carbocycles. The van der Waals surface area contributed by atoms with Gasteiger partial charge in [0.1, 0.15) is 4.60 Å². The molecule has 0 radical (unpaired) electrons. The maximum atomic E-state index is 12.0. The first-order valence-corrected chi connectivity index (χ1v) is 7.61. The molecule has 102 valence electrons. The van der Waals surface area contributed by atoms with Gasteiger partial charge in [0.25, 0.3) is 0 Å². The number of thioether (sulfide) groups is 1. The summed E-state index contributed by atoms with van der Waals surface area (Å²) in [6, 6.07) is 3.46. The van der Waals surface area contributed by atoms with Crippen LogP contribution in [0, 0.1) is 5.92 Å². The summed E-state index contributed by atoms with van der Waals surface area (Å²) in [6.45, 7) is 2.10. The maximum absolute atomic E-state index is 12.0. The smallest absolute Gasteiger partial charge is 0.228 e. The molecule has 0 spiro atoms. The van der Waals surface area contributed by atoms with E-state index in [1.54, 1.807) is 17.0 Å². The van der Waals surface area contributed by atoms with Crippen LogP contribution in [0.4, 0.5) is 11.5 Å². The highest BCUT2D eigenvalue weighted by molar-refractivity contribution is 9.10. The highest BCUT2D eigenvalue weighted by Crippen LogP contribution is 2.30. The van der Waals surface area contributed by atoms with Crippen molar-refractivity contribution in [3.05, 3.63) is 16.7 Å². The van der Waals surface area contributed by atoms with Gasteiger partial charge in [-0.3, -0.25) is 14.5 Å². The standard InChI is InChI=1S/C12H14BrN3O2S/c1-7(17)19-6-8-4-11(18)16(5-8)12-9(14)2-3-10(13)15-12/h2-3,8H,4-6,14H2,1H3. The summed E-state index contributed by atoms with van der Waals surface area (Å²) >= 11 is 4.53. The van der Waals surface area contributed by atoms with Crippen LogP contribution in [0.15, 0.2) is 16.7 Å². The van der Waals surface area contributed by atoms with E-state index in [4.69, 9.17) is 5.73 Å². The number of halogens is 1. The van der Waals surface area contributed by atoms with Crippen LogP contribution < -0.4 is 10.6 Å². The summed E-state index contributed by atoms with van der Waals surface area (Å²) in [4.78, 5) is 28.8. The first-order valence-electron chi connectivity index (χ1n) is 5.83. The molecule has 1 aromatic heterocycles. The molecule has 7 heteroatoms. The van der Waals surface area contributed by atoms with Crippen molar-refractivity contribution >= 4 is 50.2 Å². The van der Waals surface area contributed by atoms with Gasteiger partial charge in [-0.1, -0.05) is 11.8 Å². The van der Waals surface area contributed by atoms with Gasteiger partial charge in [0.05, 0.1) is 5.69 Å². The molecule has 1 amide bonds. The number of amides is 1. The molecule has 1 aromatic rings. The van der Waals surface area contributed by atoms with E-state index in [1.807, 2.05) is 0 Å². The summed E-state index contributed by atoms with van der Waals surface area (Å²) in [6.07, 6.45) is 0.438. The van der Waals surface area contributed by atoms with E-state index in [0.29, 0.717) is 34.8 Å². The average Bonchev–Trinajstić information content (AvgIpc) is 2.71. The van der Waals surface area contributed by atoms with Crippen molar-refractivity contribution in [2.45, 2.75) is 13.3 Å². The van der Waals surface area contributed by atoms with Gasteiger partial charge in [0, 0.05) is 25.6 Å². The number of nitrogen functional groups attached to an aromatic ring is 1. The second-order valence-corrected chi connectivity index (χ2v) is 6.43. The molecule has 1 aliphatic rings. The number of pyridine rings is 1. The Labute approximate surface area is 124 Å². The zero-order valence-corrected chi connectivity index (χ0v) is 12.8. The molecule has 0 bridgehead atoms. The molecule has 1 atom stereocenters. The van der Waals surface area contributed by atoms with Crippen molar-refractivity contribution in [1.29, 1.82) is 0 Å². The van der Waals surface area contributed by atoms with Crippen LogP contribution in [0.5, 0.6) is 0 Å². The van der Waals surface area contributed by atoms with E-state index in [9.17, 15) is 9.59 Å². The molecule has 1 saturated heterocycles. The SMILES string of the molecule is CC(=O)SCC1CC(=O)N(c2nc(Br)ccc2N)C1. The van der Waals surface area contributed by atoms with Gasteiger partial charge in [-0.25, -0.2) is 4.98 Å². The topological polar surface area (TPSA) is 76.3 Å². The van der Waals surface area contributed by atoms with E-state index < -0.39 is 0 Å². The van der Waals surface area contributed by atoms with E-state index in [-0.39, 0.29) is 16.9 Å². The Kier molecular flexibility index (Phi) is 4.46. The Hall–Kier alpha value is -1.08. The molecule has 0 saturated carbocycles. The van der Waals surface area contributed by atoms with E-state index in [2.05, 4.69) is 20.9 Å². The van der Waals surface area contributed by atoms with Gasteiger partial charge >= 0.3 is 0 Å². The number of hydrogen-bond acceptors (Lipinski definition) is 5. The van der Waals surface area contributed by atoms with Gasteiger partial charge in [-0.15, -0.1) is 0 Å². The lowest BCUT2D eigenvalue weighted by atomic mass is 10.1. The van der Waals surface area contributed by atoms with Gasteiger partial charge in [0.2, 0.25) is 5.91 Å². The predicted octanol–water partition coefficient (Wildman–Crippen LogP) is 2.06. The molecule has 2 N–H and O–H groups in total. The normalized spacial score (nSPS) is 18.9. The third kappa shape index (κ3) is 3.48. The zero-order chi connectivity index (χ0) is 14.0. The highest BCUT2D eigenvalue weighted by Gasteiger charge is 2.32. The number of nitrogens with two attached hydrogens (primary N) is 1. The second kappa shape index (κ2) is 5.92. The summed E-state index contributed by atoms with van der Waals surface area (Å²) in [5.41, 5.74) is 6.35. The fourth-order valence-corrected chi connectivity index (χ4v) is 2.98. The molecule has 19 heavy (non-hydrogen) atoms. The van der Waals surface area contributed by atoms with Crippen molar-refractivity contribution < 1.29 is 9.59 Å². The first kappa shape index (κ1) is 14.3. The van der Waals surface area contributed by atoms with E-state index >= 15 is 0 Å². The molecule has 1 aliphatic heterocycles. The molecule has 0 aliphatic carbocycles. The Bertz CT molecular complexity index is 524. The predicted molar refractivity (Wildman–Crippen MR) is 79.9 cm³/mol. The average molecular weight is 344 g/mol. The Balaban J connectivity index is 2.11. The fraction of sp³-hybridized carbons (Fsp3) is 0.417. The van der Waals surface area contributed by atoms with Crippen molar-refractivity contribution in [2.24, 2.45) is 5.92 Å². The molecule has 1 unspecified atom stereocenters. The van der Waals surface area contributed by atoms with Gasteiger partial charge in [0.15, 0.2) is 10.9 Å². The second-order valence-electron chi connectivity index (χ2n) is 4.42. The Morgan fingerprint density at radius 3 is 3.05 bits per heavy atom. The van der Waals surface area contributed by atoms with Gasteiger partial charge in [-0.05, 0) is 34.0 Å². The van der Waals surface area contributed by atoms with Gasteiger partial charge in [-0.2, -0.15) is 0 Å². The molecular weight excluding hydrogens is 330 g/mol. The molecule has 5 nitrogen and oxygen atoms in total. The number of carbonyl (C=O) groups is 2. The van der Waals surface area contributed by atoms with Crippen molar-refractivity contribution in [3.63, 3.8) is 0 Å². The number of nitrogens with zero attached hydrogens (tertiary/aromatic N) is 2. The lowest BCUT2D eigenvalue weighted by Crippen LogP contribution is -2.26. The van der Waals surface area contributed by atoms with Crippen molar-refractivity contribution in [3.8, 4) is 0 Å². The zero-order valence-electron chi connectivity index (χ0n) is 10.4. The quantitative estimate of drug-likeness (QED) is 0.850. The van der Waals surface area contributed by atoms with Crippen LogP contribution in [0.25, 0.3) is 0 Å². The maximum Gasteiger partial charge on any atom is 0.228 e. The van der Waals surface area contributed by atoms with Crippen LogP contribution in [-0.4, -0.2) is 28.3 Å². The van der Waals surface area contributed by atoms with Crippen LogP contribution in [0.1, 0.15) is 13.3 Å². The van der Waals surface area contributed by atoms with E-state index in [1.165, 1.54) is 18.7 Å². The van der Waals surface area contributed by atoms with E-state index in [0.717, 1.165) is 0 Å². The molecule has 2 heterocycles. The Morgan fingerprint density at radius 1 is 1.63 bits per heavy atom. The van der Waals surface area contributed by atoms with Crippen molar-refractivity contribution in [2.75, 3.05) is 22.9 Å². The van der Waals surface area contributed by atoms with Crippen LogP contribution >= 0.6 is 27.7 Å². The minimum absolute atomic E-state index is 0.00597. The first-order chi connectivity index (χ1) is 8.97. The fourth-order valence-electron chi connectivity index (χ4n) is 1.99. The molecule has 1 fully saturated rings. The Morgan fingerprint density at radius 2 is 2.37 bits per heavy atom. The largest absolute Gasteiger partial charge is 0.396 e. The lowest BCUT2D eigenvalue weighted by Gasteiger charge is -2.17. The number of aromatic nitrogens is 1. The van der Waals surface area contributed by atoms with Crippen LogP contribution in [-0.2, 0) is 9.59 Å². The van der Waals surface area contributed by atoms with Gasteiger partial charge < -0.3 is 5.73 Å². The summed E-state index contributed by atoms with van der Waals surface area (Å²) in [7, 11) is 0. The number of rotatable bonds is 3. The third-order valence-corrected chi connectivity index (χ3v) is 4.34. The monoisotopic (exact) mass is 343 g/mol. The lowest BCUT2D eigenvalue weighted by molar-refractivity contribution is -0.117. The number of anilines is 2. The van der Waals surface area contributed by atoms with Crippen LogP contribution in [0.3, 0.4) is 0 Å². The number of carbonyl (C=O) groups excluding carboxylic acids is 2. The highest BCUT2D eigenvalue weighted by atomic mass is 79.9. The minimum Gasteiger partial charge on any atom is -0.396 e.